The number of hydrogen-bond donors (Lipinski definition) is 3. The smallest absolute Gasteiger partial charge is 0.251 e. The quantitative estimate of drug-likeness (QED) is 0.790. The van der Waals surface area contributed by atoms with E-state index in [1.54, 1.807) is 24.3 Å². The van der Waals surface area contributed by atoms with Crippen molar-refractivity contribution in [1.82, 2.24) is 10.6 Å². The first-order chi connectivity index (χ1) is 10.3. The molecule has 0 spiro atoms. The normalized spacial score (nSPS) is 17.3. The molecule has 1 aromatic rings. The monoisotopic (exact) mass is 339 g/mol. The summed E-state index contributed by atoms with van der Waals surface area (Å²) in [5.74, 6) is -0.158. The number of amides is 2. The highest BCUT2D eigenvalue weighted by Gasteiger charge is 2.18. The Morgan fingerprint density at radius 2 is 2.04 bits per heavy atom. The van der Waals surface area contributed by atoms with Gasteiger partial charge in [-0.2, -0.15) is 0 Å². The van der Waals surface area contributed by atoms with Gasteiger partial charge in [-0.3, -0.25) is 9.59 Å². The molecule has 0 saturated carbocycles. The van der Waals surface area contributed by atoms with Gasteiger partial charge in [-0.1, -0.05) is 6.07 Å². The Hall–Kier alpha value is -1.59. The van der Waals surface area contributed by atoms with Crippen LogP contribution in [0.25, 0.3) is 0 Å². The molecule has 1 saturated heterocycles. The molecule has 5 nitrogen and oxygen atoms in total. The molecule has 0 bridgehead atoms. The minimum atomic E-state index is -0.287. The Bertz CT molecular complexity index is 549. The minimum Gasteiger partial charge on any atom is -0.347 e. The zero-order valence-electron chi connectivity index (χ0n) is 13.9. The third kappa shape index (κ3) is 6.59. The van der Waals surface area contributed by atoms with Gasteiger partial charge in [-0.25, -0.2) is 0 Å². The van der Waals surface area contributed by atoms with Crippen LogP contribution in [0.15, 0.2) is 24.3 Å². The molecule has 6 heteroatoms. The Morgan fingerprint density at radius 3 is 2.65 bits per heavy atom. The fourth-order valence-electron chi connectivity index (χ4n) is 2.52. The Morgan fingerprint density at radius 1 is 1.30 bits per heavy atom. The van der Waals surface area contributed by atoms with Crippen molar-refractivity contribution in [1.29, 1.82) is 0 Å². The van der Waals surface area contributed by atoms with Crippen LogP contribution in [0.4, 0.5) is 5.69 Å². The van der Waals surface area contributed by atoms with Crippen molar-refractivity contribution in [3.8, 4) is 0 Å². The lowest BCUT2D eigenvalue weighted by molar-refractivity contribution is -0.116. The highest BCUT2D eigenvalue weighted by molar-refractivity contribution is 5.97. The first-order valence-electron chi connectivity index (χ1n) is 7.79. The van der Waals surface area contributed by atoms with Gasteiger partial charge >= 0.3 is 0 Å². The average Bonchev–Trinajstić information content (AvgIpc) is 2.89. The first kappa shape index (κ1) is 19.5. The molecule has 3 N–H and O–H groups in total. The summed E-state index contributed by atoms with van der Waals surface area (Å²) < 4.78 is 0. The molecule has 1 heterocycles. The van der Waals surface area contributed by atoms with Gasteiger partial charge in [0.05, 0.1) is 0 Å². The molecule has 2 rings (SSSR count). The molecule has 0 aromatic heterocycles. The fourth-order valence-corrected chi connectivity index (χ4v) is 2.52. The summed E-state index contributed by atoms with van der Waals surface area (Å²) in [5.41, 5.74) is 0.918. The molecule has 0 aliphatic carbocycles. The third-order valence-electron chi connectivity index (χ3n) is 3.49. The second-order valence-electron chi connectivity index (χ2n) is 6.83. The number of carbonyl (C=O) groups excluding carboxylic acids is 2. The predicted molar refractivity (Wildman–Crippen MR) is 95.2 cm³/mol. The van der Waals surface area contributed by atoms with E-state index in [1.807, 2.05) is 20.8 Å². The average molecular weight is 340 g/mol. The van der Waals surface area contributed by atoms with Crippen molar-refractivity contribution in [3.05, 3.63) is 29.8 Å². The molecule has 1 atom stereocenters. The largest absolute Gasteiger partial charge is 0.347 e. The van der Waals surface area contributed by atoms with Gasteiger partial charge in [-0.15, -0.1) is 12.4 Å². The van der Waals surface area contributed by atoms with Gasteiger partial charge in [0.2, 0.25) is 5.91 Å². The topological polar surface area (TPSA) is 70.2 Å². The van der Waals surface area contributed by atoms with Crippen molar-refractivity contribution < 1.29 is 9.59 Å². The van der Waals surface area contributed by atoms with Crippen LogP contribution in [-0.2, 0) is 4.79 Å². The lowest BCUT2D eigenvalue weighted by Gasteiger charge is -2.20. The van der Waals surface area contributed by atoms with E-state index < -0.39 is 0 Å². The zero-order valence-corrected chi connectivity index (χ0v) is 14.8. The second-order valence-corrected chi connectivity index (χ2v) is 6.83. The maximum atomic E-state index is 12.1. The number of halogens is 1. The Kier molecular flexibility index (Phi) is 7.03. The summed E-state index contributed by atoms with van der Waals surface area (Å²) in [6, 6.07) is 7.30. The van der Waals surface area contributed by atoms with Crippen LogP contribution in [0.3, 0.4) is 0 Å². The summed E-state index contributed by atoms with van der Waals surface area (Å²) in [6.07, 6.45) is 2.64. The van der Waals surface area contributed by atoms with Crippen molar-refractivity contribution in [2.45, 2.75) is 51.6 Å². The van der Waals surface area contributed by atoms with Crippen molar-refractivity contribution in [2.75, 3.05) is 11.9 Å². The van der Waals surface area contributed by atoms with Crippen LogP contribution in [0.5, 0.6) is 0 Å². The van der Waals surface area contributed by atoms with Gasteiger partial charge in [0.1, 0.15) is 0 Å². The van der Waals surface area contributed by atoms with Crippen LogP contribution in [-0.4, -0.2) is 29.9 Å². The van der Waals surface area contributed by atoms with Gasteiger partial charge < -0.3 is 16.0 Å². The van der Waals surface area contributed by atoms with Crippen molar-refractivity contribution >= 4 is 29.9 Å². The number of anilines is 1. The molecule has 1 unspecified atom stereocenters. The highest BCUT2D eigenvalue weighted by Crippen LogP contribution is 2.14. The van der Waals surface area contributed by atoms with E-state index in [0.29, 0.717) is 17.7 Å². The van der Waals surface area contributed by atoms with E-state index in [1.165, 1.54) is 0 Å². The molecule has 23 heavy (non-hydrogen) atoms. The summed E-state index contributed by atoms with van der Waals surface area (Å²) in [6.45, 7) is 6.79. The molecule has 2 amide bonds. The maximum absolute atomic E-state index is 12.1. The molecule has 1 aliphatic rings. The van der Waals surface area contributed by atoms with E-state index in [2.05, 4.69) is 16.0 Å². The Labute approximate surface area is 144 Å². The maximum Gasteiger partial charge on any atom is 0.251 e. The minimum absolute atomic E-state index is 0. The van der Waals surface area contributed by atoms with Crippen LogP contribution < -0.4 is 16.0 Å². The van der Waals surface area contributed by atoms with Crippen LogP contribution in [0.2, 0.25) is 0 Å². The number of rotatable bonds is 4. The zero-order chi connectivity index (χ0) is 16.2. The molecule has 1 aliphatic heterocycles. The summed E-state index contributed by atoms with van der Waals surface area (Å²) in [4.78, 5) is 24.2. The van der Waals surface area contributed by atoms with E-state index in [-0.39, 0.29) is 35.8 Å². The number of benzene rings is 1. The molecule has 0 radical (unpaired) electrons. The van der Waals surface area contributed by atoms with Gasteiger partial charge in [0, 0.05) is 29.3 Å². The summed E-state index contributed by atoms with van der Waals surface area (Å²) in [5, 5.41) is 9.08. The first-order valence-corrected chi connectivity index (χ1v) is 7.79. The summed E-state index contributed by atoms with van der Waals surface area (Å²) >= 11 is 0. The van der Waals surface area contributed by atoms with Crippen LogP contribution in [0, 0.1) is 0 Å². The lowest BCUT2D eigenvalue weighted by atomic mass is 10.1. The lowest BCUT2D eigenvalue weighted by Crippen LogP contribution is -2.40. The van der Waals surface area contributed by atoms with Gasteiger partial charge in [0.25, 0.3) is 5.91 Å². The SMILES string of the molecule is CC(C)(C)NC(=O)c1cccc(NC(=O)CC2CCCN2)c1.Cl. The summed E-state index contributed by atoms with van der Waals surface area (Å²) in [7, 11) is 0. The van der Waals surface area contributed by atoms with Crippen LogP contribution >= 0.6 is 12.4 Å². The number of hydrogen-bond acceptors (Lipinski definition) is 3. The predicted octanol–water partition coefficient (Wildman–Crippen LogP) is 2.72. The van der Waals surface area contributed by atoms with Gasteiger partial charge in [-0.05, 0) is 58.4 Å². The fraction of sp³-hybridized carbons (Fsp3) is 0.529. The number of nitrogens with one attached hydrogen (secondary N) is 3. The van der Waals surface area contributed by atoms with E-state index >= 15 is 0 Å². The molecular formula is C17H26ClN3O2. The van der Waals surface area contributed by atoms with E-state index in [0.717, 1.165) is 19.4 Å². The van der Waals surface area contributed by atoms with Crippen LogP contribution in [0.1, 0.15) is 50.4 Å². The number of carbonyl (C=O) groups is 2. The van der Waals surface area contributed by atoms with E-state index in [9.17, 15) is 9.59 Å². The molecular weight excluding hydrogens is 314 g/mol. The standard InChI is InChI=1S/C17H25N3O2.ClH/c1-17(2,3)20-16(22)12-6-4-7-14(10-12)19-15(21)11-13-8-5-9-18-13;/h4,6-7,10,13,18H,5,8-9,11H2,1-3H3,(H,19,21)(H,20,22);1H. The Balaban J connectivity index is 0.00000264. The molecule has 128 valence electrons. The molecule has 1 aromatic carbocycles. The highest BCUT2D eigenvalue weighted by atomic mass is 35.5. The van der Waals surface area contributed by atoms with Crippen molar-refractivity contribution in [2.24, 2.45) is 0 Å². The van der Waals surface area contributed by atoms with Crippen molar-refractivity contribution in [3.63, 3.8) is 0 Å². The third-order valence-corrected chi connectivity index (χ3v) is 3.49. The van der Waals surface area contributed by atoms with Gasteiger partial charge in [0.15, 0.2) is 0 Å². The molecule has 1 fully saturated rings. The second kappa shape index (κ2) is 8.31. The van der Waals surface area contributed by atoms with E-state index in [4.69, 9.17) is 0 Å².